The summed E-state index contributed by atoms with van der Waals surface area (Å²) in [5.74, 6) is 0. The third-order valence-corrected chi connectivity index (χ3v) is 2.60. The number of rotatable bonds is 3. The van der Waals surface area contributed by atoms with Crippen LogP contribution in [0.2, 0.25) is 0 Å². The first kappa shape index (κ1) is 8.62. The number of hydrogen-bond donors (Lipinski definition) is 1. The predicted molar refractivity (Wildman–Crippen MR) is 46.7 cm³/mol. The summed E-state index contributed by atoms with van der Waals surface area (Å²) in [5.41, 5.74) is 1.04. The lowest BCUT2D eigenvalue weighted by Gasteiger charge is -2.08. The van der Waals surface area contributed by atoms with Crippen molar-refractivity contribution in [1.82, 2.24) is 14.9 Å². The van der Waals surface area contributed by atoms with Gasteiger partial charge in [-0.1, -0.05) is 11.4 Å². The van der Waals surface area contributed by atoms with Crippen molar-refractivity contribution in [2.75, 3.05) is 6.54 Å². The number of nitrogens with zero attached hydrogens (tertiary/aromatic N) is 2. The van der Waals surface area contributed by atoms with Crippen LogP contribution >= 0.6 is 11.5 Å². The molecule has 0 saturated carbocycles. The van der Waals surface area contributed by atoms with Crippen LogP contribution < -0.4 is 5.32 Å². The molecular weight excluding hydrogens is 158 g/mol. The maximum absolute atomic E-state index is 3.95. The second-order valence-electron chi connectivity index (χ2n) is 2.50. The Bertz CT molecular complexity index is 221. The van der Waals surface area contributed by atoms with Crippen molar-refractivity contribution in [1.29, 1.82) is 0 Å². The lowest BCUT2D eigenvalue weighted by Crippen LogP contribution is -2.17. The van der Waals surface area contributed by atoms with Crippen molar-refractivity contribution in [2.24, 2.45) is 0 Å². The second kappa shape index (κ2) is 3.78. The quantitative estimate of drug-likeness (QED) is 0.749. The van der Waals surface area contributed by atoms with Gasteiger partial charge in [0.25, 0.3) is 0 Å². The van der Waals surface area contributed by atoms with Gasteiger partial charge in [0.1, 0.15) is 0 Å². The highest BCUT2D eigenvalue weighted by atomic mass is 32.1. The third-order valence-electron chi connectivity index (χ3n) is 1.59. The van der Waals surface area contributed by atoms with E-state index in [0.717, 1.165) is 12.2 Å². The van der Waals surface area contributed by atoms with E-state index < -0.39 is 0 Å². The molecule has 0 aliphatic carbocycles. The normalized spacial score (nSPS) is 13.4. The first-order valence-corrected chi connectivity index (χ1v) is 4.55. The number of aryl methyl sites for hydroxylation is 1. The van der Waals surface area contributed by atoms with Crippen LogP contribution in [0.4, 0.5) is 0 Å². The Hall–Kier alpha value is -0.480. The minimum Gasteiger partial charge on any atom is -0.310 e. The standard InChI is InChI=1S/C7H13N3S/c1-4-8-5(2)7-6(3)9-10-11-7/h5,8H,4H2,1-3H3. The van der Waals surface area contributed by atoms with Gasteiger partial charge in [-0.05, 0) is 31.9 Å². The molecule has 1 aromatic heterocycles. The Kier molecular flexibility index (Phi) is 2.96. The van der Waals surface area contributed by atoms with Crippen LogP contribution in [0.5, 0.6) is 0 Å². The molecular formula is C7H13N3S. The monoisotopic (exact) mass is 171 g/mol. The van der Waals surface area contributed by atoms with Crippen LogP contribution in [-0.4, -0.2) is 16.1 Å². The van der Waals surface area contributed by atoms with Crippen molar-refractivity contribution in [2.45, 2.75) is 26.8 Å². The number of hydrogen-bond acceptors (Lipinski definition) is 4. The Balaban J connectivity index is 2.67. The molecule has 1 atom stereocenters. The van der Waals surface area contributed by atoms with Crippen LogP contribution in [0.3, 0.4) is 0 Å². The average Bonchev–Trinajstić information content (AvgIpc) is 2.36. The zero-order valence-corrected chi connectivity index (χ0v) is 7.90. The molecule has 0 aromatic carbocycles. The summed E-state index contributed by atoms with van der Waals surface area (Å²) in [6.07, 6.45) is 0. The van der Waals surface area contributed by atoms with Crippen molar-refractivity contribution in [3.63, 3.8) is 0 Å². The number of nitrogens with one attached hydrogen (secondary N) is 1. The smallest absolute Gasteiger partial charge is 0.0772 e. The van der Waals surface area contributed by atoms with E-state index in [1.54, 1.807) is 0 Å². The third kappa shape index (κ3) is 1.97. The summed E-state index contributed by atoms with van der Waals surface area (Å²) in [6, 6.07) is 0.389. The van der Waals surface area contributed by atoms with Crippen molar-refractivity contribution in [3.05, 3.63) is 10.6 Å². The van der Waals surface area contributed by atoms with E-state index >= 15 is 0 Å². The van der Waals surface area contributed by atoms with Crippen molar-refractivity contribution in [3.8, 4) is 0 Å². The predicted octanol–water partition coefficient (Wildman–Crippen LogP) is 1.52. The van der Waals surface area contributed by atoms with Crippen LogP contribution in [0, 0.1) is 6.92 Å². The van der Waals surface area contributed by atoms with Gasteiger partial charge in [0.2, 0.25) is 0 Å². The largest absolute Gasteiger partial charge is 0.310 e. The molecule has 0 radical (unpaired) electrons. The highest BCUT2D eigenvalue weighted by Gasteiger charge is 2.09. The molecule has 1 aromatic rings. The van der Waals surface area contributed by atoms with Crippen molar-refractivity contribution < 1.29 is 0 Å². The second-order valence-corrected chi connectivity index (χ2v) is 3.29. The van der Waals surface area contributed by atoms with Gasteiger partial charge in [0.05, 0.1) is 10.6 Å². The SMILES string of the molecule is CCNC(C)c1snnc1C. The van der Waals surface area contributed by atoms with Crippen LogP contribution in [0.1, 0.15) is 30.5 Å². The highest BCUT2D eigenvalue weighted by Crippen LogP contribution is 2.18. The molecule has 0 amide bonds. The fourth-order valence-corrected chi connectivity index (χ4v) is 1.70. The molecule has 0 spiro atoms. The van der Waals surface area contributed by atoms with Gasteiger partial charge in [-0.15, -0.1) is 5.10 Å². The molecule has 1 N–H and O–H groups in total. The molecule has 1 unspecified atom stereocenters. The summed E-state index contributed by atoms with van der Waals surface area (Å²) in [7, 11) is 0. The Labute approximate surface area is 71.0 Å². The summed E-state index contributed by atoms with van der Waals surface area (Å²) < 4.78 is 3.88. The van der Waals surface area contributed by atoms with E-state index in [1.165, 1.54) is 16.4 Å². The fraction of sp³-hybridized carbons (Fsp3) is 0.714. The average molecular weight is 171 g/mol. The summed E-state index contributed by atoms with van der Waals surface area (Å²) >= 11 is 1.47. The molecule has 1 rings (SSSR count). The van der Waals surface area contributed by atoms with E-state index in [0.29, 0.717) is 6.04 Å². The Morgan fingerprint density at radius 3 is 2.82 bits per heavy atom. The maximum atomic E-state index is 3.95. The maximum Gasteiger partial charge on any atom is 0.0772 e. The highest BCUT2D eigenvalue weighted by molar-refractivity contribution is 7.05. The molecule has 0 bridgehead atoms. The first-order valence-electron chi connectivity index (χ1n) is 3.78. The van der Waals surface area contributed by atoms with Gasteiger partial charge < -0.3 is 5.32 Å². The zero-order chi connectivity index (χ0) is 8.27. The summed E-state index contributed by atoms with van der Waals surface area (Å²) in [5, 5.41) is 7.27. The van der Waals surface area contributed by atoms with Gasteiger partial charge in [0.15, 0.2) is 0 Å². The lowest BCUT2D eigenvalue weighted by atomic mass is 10.2. The molecule has 0 saturated heterocycles. The first-order chi connectivity index (χ1) is 5.25. The Morgan fingerprint density at radius 1 is 1.64 bits per heavy atom. The van der Waals surface area contributed by atoms with Gasteiger partial charge in [-0.3, -0.25) is 0 Å². The van der Waals surface area contributed by atoms with Gasteiger partial charge in [-0.25, -0.2) is 0 Å². The molecule has 1 heterocycles. The van der Waals surface area contributed by atoms with E-state index in [-0.39, 0.29) is 0 Å². The van der Waals surface area contributed by atoms with Gasteiger partial charge in [0, 0.05) is 6.04 Å². The van der Waals surface area contributed by atoms with Gasteiger partial charge >= 0.3 is 0 Å². The summed E-state index contributed by atoms with van der Waals surface area (Å²) in [4.78, 5) is 1.24. The molecule has 0 aliphatic rings. The molecule has 0 aliphatic heterocycles. The molecule has 62 valence electrons. The van der Waals surface area contributed by atoms with Crippen LogP contribution in [-0.2, 0) is 0 Å². The lowest BCUT2D eigenvalue weighted by molar-refractivity contribution is 0.603. The Morgan fingerprint density at radius 2 is 2.36 bits per heavy atom. The summed E-state index contributed by atoms with van der Waals surface area (Å²) in [6.45, 7) is 7.21. The molecule has 0 fully saturated rings. The molecule has 11 heavy (non-hydrogen) atoms. The minimum atomic E-state index is 0.389. The van der Waals surface area contributed by atoms with Crippen molar-refractivity contribution >= 4 is 11.5 Å². The molecule has 3 nitrogen and oxygen atoms in total. The van der Waals surface area contributed by atoms with Gasteiger partial charge in [-0.2, -0.15) is 0 Å². The van der Waals surface area contributed by atoms with E-state index in [4.69, 9.17) is 0 Å². The van der Waals surface area contributed by atoms with E-state index in [2.05, 4.69) is 28.8 Å². The van der Waals surface area contributed by atoms with Crippen LogP contribution in [0.25, 0.3) is 0 Å². The van der Waals surface area contributed by atoms with E-state index in [9.17, 15) is 0 Å². The van der Waals surface area contributed by atoms with Crippen LogP contribution in [0.15, 0.2) is 0 Å². The minimum absolute atomic E-state index is 0.389. The zero-order valence-electron chi connectivity index (χ0n) is 7.09. The number of aromatic nitrogens is 2. The molecule has 4 heteroatoms. The topological polar surface area (TPSA) is 37.8 Å². The van der Waals surface area contributed by atoms with E-state index in [1.807, 2.05) is 6.92 Å². The fourth-order valence-electron chi connectivity index (χ4n) is 1.03.